The van der Waals surface area contributed by atoms with Gasteiger partial charge in [-0.15, -0.1) is 0 Å². The Labute approximate surface area is 148 Å². The molecule has 2 fully saturated rings. The standard InChI is InChI=1S/C19H27N3O3/c20-19(10-2-1-3-11-19)18(24)22-15-6-4-14(5-7-15)17(23)21-16-8-12-25-13-9-16/h4-7,16H,1-3,8-13,20H2,(H,21,23)(H,22,24). The molecule has 1 aliphatic heterocycles. The number of benzene rings is 1. The molecule has 1 saturated carbocycles. The number of nitrogens with one attached hydrogen (secondary N) is 2. The number of amides is 2. The third-order valence-corrected chi connectivity index (χ3v) is 5.16. The second kappa shape index (κ2) is 7.97. The van der Waals surface area contributed by atoms with Crippen LogP contribution in [0.25, 0.3) is 0 Å². The monoisotopic (exact) mass is 345 g/mol. The van der Waals surface area contributed by atoms with E-state index in [1.165, 1.54) is 0 Å². The number of hydrogen-bond acceptors (Lipinski definition) is 4. The van der Waals surface area contributed by atoms with Gasteiger partial charge in [0.25, 0.3) is 5.91 Å². The first-order valence-electron chi connectivity index (χ1n) is 9.16. The number of anilines is 1. The highest BCUT2D eigenvalue weighted by Crippen LogP contribution is 2.27. The van der Waals surface area contributed by atoms with Crippen molar-refractivity contribution in [1.82, 2.24) is 5.32 Å². The molecule has 2 aliphatic rings. The van der Waals surface area contributed by atoms with Gasteiger partial charge >= 0.3 is 0 Å². The molecule has 1 saturated heterocycles. The van der Waals surface area contributed by atoms with Crippen LogP contribution in [-0.2, 0) is 9.53 Å². The zero-order valence-corrected chi connectivity index (χ0v) is 14.6. The number of ether oxygens (including phenoxy) is 1. The Morgan fingerprint density at radius 1 is 1.04 bits per heavy atom. The van der Waals surface area contributed by atoms with Crippen molar-refractivity contribution in [2.75, 3.05) is 18.5 Å². The molecular formula is C19H27N3O3. The van der Waals surface area contributed by atoms with E-state index in [2.05, 4.69) is 10.6 Å². The van der Waals surface area contributed by atoms with Gasteiger partial charge in [0.2, 0.25) is 5.91 Å². The van der Waals surface area contributed by atoms with E-state index in [0.717, 1.165) is 44.9 Å². The van der Waals surface area contributed by atoms with Crippen LogP contribution in [0.15, 0.2) is 24.3 Å². The van der Waals surface area contributed by atoms with E-state index in [1.54, 1.807) is 24.3 Å². The zero-order chi connectivity index (χ0) is 17.7. The quantitative estimate of drug-likeness (QED) is 0.780. The summed E-state index contributed by atoms with van der Waals surface area (Å²) in [5.74, 6) is -0.223. The maximum Gasteiger partial charge on any atom is 0.251 e. The van der Waals surface area contributed by atoms with Crippen LogP contribution in [0.5, 0.6) is 0 Å². The first kappa shape index (κ1) is 17.9. The lowest BCUT2D eigenvalue weighted by Crippen LogP contribution is -2.52. The highest BCUT2D eigenvalue weighted by Gasteiger charge is 2.35. The fourth-order valence-electron chi connectivity index (χ4n) is 3.48. The minimum atomic E-state index is -0.767. The molecule has 1 aromatic rings. The molecule has 0 unspecified atom stereocenters. The zero-order valence-electron chi connectivity index (χ0n) is 14.6. The van der Waals surface area contributed by atoms with Crippen LogP contribution < -0.4 is 16.4 Å². The minimum Gasteiger partial charge on any atom is -0.381 e. The predicted molar refractivity (Wildman–Crippen MR) is 96.4 cm³/mol. The predicted octanol–water partition coefficient (Wildman–Crippen LogP) is 2.20. The van der Waals surface area contributed by atoms with Crippen molar-refractivity contribution in [3.8, 4) is 0 Å². The largest absolute Gasteiger partial charge is 0.381 e. The van der Waals surface area contributed by atoms with Gasteiger partial charge in [-0.3, -0.25) is 9.59 Å². The van der Waals surface area contributed by atoms with Crippen LogP contribution in [0.4, 0.5) is 5.69 Å². The summed E-state index contributed by atoms with van der Waals surface area (Å²) < 4.78 is 5.30. The molecule has 2 amide bonds. The van der Waals surface area contributed by atoms with E-state index in [1.807, 2.05) is 0 Å². The average molecular weight is 345 g/mol. The van der Waals surface area contributed by atoms with Crippen molar-refractivity contribution >= 4 is 17.5 Å². The van der Waals surface area contributed by atoms with Crippen molar-refractivity contribution in [1.29, 1.82) is 0 Å². The normalized spacial score (nSPS) is 20.7. The molecule has 136 valence electrons. The smallest absolute Gasteiger partial charge is 0.251 e. The van der Waals surface area contributed by atoms with E-state index < -0.39 is 5.54 Å². The van der Waals surface area contributed by atoms with E-state index >= 15 is 0 Å². The summed E-state index contributed by atoms with van der Waals surface area (Å²) in [6.07, 6.45) is 6.28. The lowest BCUT2D eigenvalue weighted by molar-refractivity contribution is -0.122. The maximum absolute atomic E-state index is 12.4. The van der Waals surface area contributed by atoms with Crippen LogP contribution in [0.2, 0.25) is 0 Å². The fraction of sp³-hybridized carbons (Fsp3) is 0.579. The first-order chi connectivity index (χ1) is 12.1. The third-order valence-electron chi connectivity index (χ3n) is 5.16. The topological polar surface area (TPSA) is 93.5 Å². The van der Waals surface area contributed by atoms with Crippen LogP contribution in [0.3, 0.4) is 0 Å². The molecule has 0 aromatic heterocycles. The highest BCUT2D eigenvalue weighted by molar-refractivity contribution is 5.99. The number of rotatable bonds is 4. The van der Waals surface area contributed by atoms with Crippen molar-refractivity contribution < 1.29 is 14.3 Å². The summed E-state index contributed by atoms with van der Waals surface area (Å²) in [6, 6.07) is 7.14. The second-order valence-corrected chi connectivity index (χ2v) is 7.11. The minimum absolute atomic E-state index is 0.0904. The van der Waals surface area contributed by atoms with Gasteiger partial charge in [-0.25, -0.2) is 0 Å². The van der Waals surface area contributed by atoms with Gasteiger partial charge < -0.3 is 21.1 Å². The van der Waals surface area contributed by atoms with Gasteiger partial charge in [0.15, 0.2) is 0 Å². The molecule has 1 aromatic carbocycles. The highest BCUT2D eigenvalue weighted by atomic mass is 16.5. The van der Waals surface area contributed by atoms with Gasteiger partial charge in [-0.05, 0) is 49.9 Å². The average Bonchev–Trinajstić information content (AvgIpc) is 2.64. The fourth-order valence-corrected chi connectivity index (χ4v) is 3.48. The van der Waals surface area contributed by atoms with E-state index in [4.69, 9.17) is 10.5 Å². The van der Waals surface area contributed by atoms with Crippen LogP contribution >= 0.6 is 0 Å². The summed E-state index contributed by atoms with van der Waals surface area (Å²) in [4.78, 5) is 24.7. The summed E-state index contributed by atoms with van der Waals surface area (Å²) in [7, 11) is 0. The molecule has 6 nitrogen and oxygen atoms in total. The Morgan fingerprint density at radius 3 is 2.32 bits per heavy atom. The lowest BCUT2D eigenvalue weighted by atomic mass is 9.82. The number of nitrogens with two attached hydrogens (primary N) is 1. The van der Waals surface area contributed by atoms with Gasteiger partial charge in [0, 0.05) is 30.5 Å². The number of hydrogen-bond donors (Lipinski definition) is 3. The summed E-state index contributed by atoms with van der Waals surface area (Å²) in [5, 5.41) is 5.91. The Balaban J connectivity index is 1.56. The molecule has 4 N–H and O–H groups in total. The summed E-state index contributed by atoms with van der Waals surface area (Å²) in [5.41, 5.74) is 6.74. The maximum atomic E-state index is 12.4. The van der Waals surface area contributed by atoms with Crippen molar-refractivity contribution in [3.05, 3.63) is 29.8 Å². The van der Waals surface area contributed by atoms with Crippen LogP contribution in [-0.4, -0.2) is 36.6 Å². The first-order valence-corrected chi connectivity index (χ1v) is 9.16. The molecular weight excluding hydrogens is 318 g/mol. The van der Waals surface area contributed by atoms with E-state index in [0.29, 0.717) is 24.5 Å². The van der Waals surface area contributed by atoms with Crippen molar-refractivity contribution in [2.24, 2.45) is 5.73 Å². The molecule has 1 aliphatic carbocycles. The van der Waals surface area contributed by atoms with Crippen LogP contribution in [0, 0.1) is 0 Å². The molecule has 1 heterocycles. The van der Waals surface area contributed by atoms with Gasteiger partial charge in [0.05, 0.1) is 5.54 Å². The Morgan fingerprint density at radius 2 is 1.68 bits per heavy atom. The van der Waals surface area contributed by atoms with Crippen molar-refractivity contribution in [3.63, 3.8) is 0 Å². The molecule has 0 spiro atoms. The summed E-state index contributed by atoms with van der Waals surface area (Å²) >= 11 is 0. The molecule has 25 heavy (non-hydrogen) atoms. The second-order valence-electron chi connectivity index (χ2n) is 7.11. The third kappa shape index (κ3) is 4.58. The summed E-state index contributed by atoms with van der Waals surface area (Å²) in [6.45, 7) is 1.38. The lowest BCUT2D eigenvalue weighted by Gasteiger charge is -2.31. The molecule has 0 bridgehead atoms. The van der Waals surface area contributed by atoms with E-state index in [9.17, 15) is 9.59 Å². The van der Waals surface area contributed by atoms with Gasteiger partial charge in [-0.2, -0.15) is 0 Å². The van der Waals surface area contributed by atoms with Gasteiger partial charge in [0.1, 0.15) is 0 Å². The van der Waals surface area contributed by atoms with Crippen molar-refractivity contribution in [2.45, 2.75) is 56.5 Å². The van der Waals surface area contributed by atoms with Crippen LogP contribution in [0.1, 0.15) is 55.3 Å². The molecule has 6 heteroatoms. The Hall–Kier alpha value is -1.92. The van der Waals surface area contributed by atoms with E-state index in [-0.39, 0.29) is 17.9 Å². The number of carbonyl (C=O) groups excluding carboxylic acids is 2. The molecule has 0 atom stereocenters. The SMILES string of the molecule is NC1(C(=O)Nc2ccc(C(=O)NC3CCOCC3)cc2)CCCCC1. The van der Waals surface area contributed by atoms with Gasteiger partial charge in [-0.1, -0.05) is 19.3 Å². The Bertz CT molecular complexity index is 603. The Kier molecular flexibility index (Phi) is 5.71. The molecule has 0 radical (unpaired) electrons. The molecule has 3 rings (SSSR count). The number of carbonyl (C=O) groups is 2.